The van der Waals surface area contributed by atoms with E-state index in [2.05, 4.69) is 20.4 Å². The second kappa shape index (κ2) is 8.07. The molecule has 3 aromatic rings. The van der Waals surface area contributed by atoms with Crippen LogP contribution in [0.2, 0.25) is 0 Å². The Morgan fingerprint density at radius 3 is 2.85 bits per heavy atom. The van der Waals surface area contributed by atoms with Gasteiger partial charge in [0, 0.05) is 18.3 Å². The zero-order valence-corrected chi connectivity index (χ0v) is 15.2. The van der Waals surface area contributed by atoms with Crippen molar-refractivity contribution in [2.75, 3.05) is 12.0 Å². The zero-order valence-electron chi connectivity index (χ0n) is 15.2. The summed E-state index contributed by atoms with van der Waals surface area (Å²) in [7, 11) is 0. The van der Waals surface area contributed by atoms with Gasteiger partial charge in [-0.25, -0.2) is 14.6 Å². The topological polar surface area (TPSA) is 94.2 Å². The van der Waals surface area contributed by atoms with Crippen molar-refractivity contribution in [1.82, 2.24) is 24.1 Å². The first-order valence-corrected chi connectivity index (χ1v) is 8.73. The molecule has 0 bridgehead atoms. The minimum atomic E-state index is -0.411. The lowest BCUT2D eigenvalue weighted by atomic mass is 10.2. The highest BCUT2D eigenvalue weighted by molar-refractivity contribution is 5.89. The summed E-state index contributed by atoms with van der Waals surface area (Å²) >= 11 is 0. The van der Waals surface area contributed by atoms with Gasteiger partial charge in [0.15, 0.2) is 0 Å². The van der Waals surface area contributed by atoms with Crippen molar-refractivity contribution in [2.45, 2.75) is 39.2 Å². The molecule has 8 nitrogen and oxygen atoms in total. The molecule has 142 valence electrons. The number of carbonyl (C=O) groups is 1. The van der Waals surface area contributed by atoms with Gasteiger partial charge in [-0.3, -0.25) is 18.4 Å². The monoisotopic (exact) mass is 372 g/mol. The van der Waals surface area contributed by atoms with Gasteiger partial charge in [0.05, 0.1) is 6.67 Å². The molecule has 0 atom stereocenters. The lowest BCUT2D eigenvalue weighted by molar-refractivity contribution is -0.117. The van der Waals surface area contributed by atoms with Crippen LogP contribution in [-0.2, 0) is 17.8 Å². The third kappa shape index (κ3) is 4.18. The number of anilines is 1. The Labute approximate surface area is 155 Å². The number of rotatable bonds is 7. The minimum Gasteiger partial charge on any atom is -0.309 e. The molecule has 0 unspecified atom stereocenters. The number of aryl methyl sites for hydroxylation is 1. The van der Waals surface area contributed by atoms with Gasteiger partial charge in [-0.15, -0.1) is 0 Å². The molecule has 0 spiro atoms. The lowest BCUT2D eigenvalue weighted by Gasteiger charge is -2.12. The lowest BCUT2D eigenvalue weighted by Crippen LogP contribution is -2.32. The summed E-state index contributed by atoms with van der Waals surface area (Å²) in [6.45, 7) is 3.27. The number of hydrogen-bond donors (Lipinski definition) is 1. The van der Waals surface area contributed by atoms with E-state index in [4.69, 9.17) is 0 Å². The van der Waals surface area contributed by atoms with Crippen molar-refractivity contribution >= 4 is 17.2 Å². The predicted molar refractivity (Wildman–Crippen MR) is 98.5 cm³/mol. The average molecular weight is 372 g/mol. The van der Waals surface area contributed by atoms with Crippen molar-refractivity contribution in [1.29, 1.82) is 0 Å². The number of carbonyl (C=O) groups excluding carboxylic acids is 1. The van der Waals surface area contributed by atoms with E-state index in [9.17, 15) is 14.0 Å². The molecular formula is C18H21FN6O2. The Morgan fingerprint density at radius 2 is 2.19 bits per heavy atom. The summed E-state index contributed by atoms with van der Waals surface area (Å²) < 4.78 is 15.4. The number of alkyl halides is 1. The Kier molecular flexibility index (Phi) is 5.58. The standard InChI is InChI=1S/C18H21FN6O2/c1-12(2)17-23-25(10-16(26)22-15-5-7-20-11-21-15)18(27)14-8-13(4-3-6-19)9-24(14)17/h5,7-9,11-12H,3-4,6,10H2,1-2H3,(H,20,21,22,26). The van der Waals surface area contributed by atoms with Crippen molar-refractivity contribution in [3.63, 3.8) is 0 Å². The Morgan fingerprint density at radius 1 is 1.37 bits per heavy atom. The van der Waals surface area contributed by atoms with Gasteiger partial charge in [0.1, 0.15) is 30.0 Å². The molecule has 3 heterocycles. The number of halogens is 1. The highest BCUT2D eigenvalue weighted by Crippen LogP contribution is 2.16. The molecule has 9 heteroatoms. The van der Waals surface area contributed by atoms with E-state index in [-0.39, 0.29) is 18.0 Å². The molecule has 3 rings (SSSR count). The van der Waals surface area contributed by atoms with Crippen LogP contribution in [0, 0.1) is 0 Å². The van der Waals surface area contributed by atoms with E-state index in [1.807, 2.05) is 20.0 Å². The van der Waals surface area contributed by atoms with E-state index >= 15 is 0 Å². The second-order valence-corrected chi connectivity index (χ2v) is 6.51. The van der Waals surface area contributed by atoms with Crippen LogP contribution in [0.25, 0.3) is 5.52 Å². The van der Waals surface area contributed by atoms with Crippen LogP contribution in [0.5, 0.6) is 0 Å². The van der Waals surface area contributed by atoms with E-state index in [1.165, 1.54) is 12.5 Å². The quantitative estimate of drug-likeness (QED) is 0.684. The first kappa shape index (κ1) is 18.7. The molecule has 3 aromatic heterocycles. The molecule has 0 fully saturated rings. The van der Waals surface area contributed by atoms with E-state index in [0.29, 0.717) is 30.0 Å². The van der Waals surface area contributed by atoms with Crippen molar-refractivity contribution < 1.29 is 9.18 Å². The fraction of sp³-hybridized carbons (Fsp3) is 0.389. The molecule has 0 saturated carbocycles. The first-order valence-electron chi connectivity index (χ1n) is 8.73. The summed E-state index contributed by atoms with van der Waals surface area (Å²) in [4.78, 5) is 32.8. The molecule has 0 radical (unpaired) electrons. The summed E-state index contributed by atoms with van der Waals surface area (Å²) in [5.41, 5.74) is 0.928. The van der Waals surface area contributed by atoms with Gasteiger partial charge in [0.2, 0.25) is 5.91 Å². The molecule has 0 saturated heterocycles. The van der Waals surface area contributed by atoms with Crippen LogP contribution in [0.1, 0.15) is 37.6 Å². The Bertz CT molecular complexity index is 996. The predicted octanol–water partition coefficient (Wildman–Crippen LogP) is 1.95. The summed E-state index contributed by atoms with van der Waals surface area (Å²) in [6, 6.07) is 3.30. The third-order valence-electron chi connectivity index (χ3n) is 4.06. The molecule has 0 aromatic carbocycles. The van der Waals surface area contributed by atoms with E-state index < -0.39 is 12.6 Å². The Balaban J connectivity index is 1.94. The van der Waals surface area contributed by atoms with E-state index in [1.54, 1.807) is 16.5 Å². The first-order chi connectivity index (χ1) is 13.0. The molecule has 0 aliphatic rings. The van der Waals surface area contributed by atoms with Gasteiger partial charge in [-0.05, 0) is 30.5 Å². The number of amides is 1. The van der Waals surface area contributed by atoms with Crippen LogP contribution < -0.4 is 10.9 Å². The molecular weight excluding hydrogens is 351 g/mol. The average Bonchev–Trinajstić information content (AvgIpc) is 3.07. The normalized spacial score (nSPS) is 11.3. The number of hydrogen-bond acceptors (Lipinski definition) is 5. The second-order valence-electron chi connectivity index (χ2n) is 6.51. The van der Waals surface area contributed by atoms with Gasteiger partial charge < -0.3 is 5.32 Å². The fourth-order valence-electron chi connectivity index (χ4n) is 2.81. The van der Waals surface area contributed by atoms with Crippen molar-refractivity contribution in [2.24, 2.45) is 0 Å². The van der Waals surface area contributed by atoms with Gasteiger partial charge in [-0.1, -0.05) is 13.8 Å². The van der Waals surface area contributed by atoms with Gasteiger partial charge in [0.25, 0.3) is 5.56 Å². The number of aromatic nitrogens is 5. The fourth-order valence-corrected chi connectivity index (χ4v) is 2.81. The third-order valence-corrected chi connectivity index (χ3v) is 4.06. The van der Waals surface area contributed by atoms with Crippen LogP contribution >= 0.6 is 0 Å². The highest BCUT2D eigenvalue weighted by atomic mass is 19.1. The van der Waals surface area contributed by atoms with Crippen LogP contribution in [0.4, 0.5) is 10.2 Å². The Hall–Kier alpha value is -3.10. The molecule has 0 aliphatic heterocycles. The minimum absolute atomic E-state index is 0.0331. The summed E-state index contributed by atoms with van der Waals surface area (Å²) in [5.74, 6) is 0.632. The van der Waals surface area contributed by atoms with Crippen LogP contribution in [-0.4, -0.2) is 36.7 Å². The zero-order chi connectivity index (χ0) is 19.4. The van der Waals surface area contributed by atoms with Crippen LogP contribution in [0.15, 0.2) is 35.6 Å². The van der Waals surface area contributed by atoms with Gasteiger partial charge in [-0.2, -0.15) is 5.10 Å². The molecule has 0 aliphatic carbocycles. The molecule has 1 amide bonds. The largest absolute Gasteiger partial charge is 0.309 e. The summed E-state index contributed by atoms with van der Waals surface area (Å²) in [6.07, 6.45) is 5.60. The molecule has 27 heavy (non-hydrogen) atoms. The maximum Gasteiger partial charge on any atom is 0.291 e. The maximum atomic E-state index is 12.8. The SMILES string of the molecule is CC(C)c1nn(CC(=O)Nc2ccncn2)c(=O)c2cc(CCCF)cn12. The number of fused-ring (bicyclic) bond motifs is 1. The number of nitrogens with one attached hydrogen (secondary N) is 1. The maximum absolute atomic E-state index is 12.8. The van der Waals surface area contributed by atoms with Crippen LogP contribution in [0.3, 0.4) is 0 Å². The summed E-state index contributed by atoms with van der Waals surface area (Å²) in [5, 5.41) is 6.98. The van der Waals surface area contributed by atoms with Gasteiger partial charge >= 0.3 is 0 Å². The van der Waals surface area contributed by atoms with E-state index in [0.717, 1.165) is 10.2 Å². The van der Waals surface area contributed by atoms with Crippen molar-refractivity contribution in [3.8, 4) is 0 Å². The van der Waals surface area contributed by atoms with Crippen molar-refractivity contribution in [3.05, 3.63) is 52.6 Å². The number of nitrogens with zero attached hydrogens (tertiary/aromatic N) is 5. The smallest absolute Gasteiger partial charge is 0.291 e. The molecule has 1 N–H and O–H groups in total. The highest BCUT2D eigenvalue weighted by Gasteiger charge is 2.16.